The fourth-order valence-electron chi connectivity index (χ4n) is 3.19. The lowest BCUT2D eigenvalue weighted by atomic mass is 10.2. The Labute approximate surface area is 200 Å². The number of thioether (sulfide) groups is 1. The van der Waals surface area contributed by atoms with Gasteiger partial charge in [-0.05, 0) is 42.8 Å². The highest BCUT2D eigenvalue weighted by molar-refractivity contribution is 7.99. The fourth-order valence-corrected chi connectivity index (χ4v) is 4.19. The maximum atomic E-state index is 12.2. The zero-order chi connectivity index (χ0) is 23.2. The van der Waals surface area contributed by atoms with Crippen LogP contribution in [0.5, 0.6) is 5.75 Å². The van der Waals surface area contributed by atoms with E-state index in [-0.39, 0.29) is 5.75 Å². The summed E-state index contributed by atoms with van der Waals surface area (Å²) < 4.78 is 12.3. The molecule has 3 aromatic carbocycles. The number of hydrogen-bond acceptors (Lipinski definition) is 6. The number of benzene rings is 3. The molecule has 0 spiro atoms. The Balaban J connectivity index is 1.38. The minimum atomic E-state index is -0.636. The number of imidazole rings is 1. The van der Waals surface area contributed by atoms with E-state index in [9.17, 15) is 9.59 Å². The van der Waals surface area contributed by atoms with E-state index in [1.165, 1.54) is 11.8 Å². The van der Waals surface area contributed by atoms with Crippen LogP contribution in [0.2, 0.25) is 5.02 Å². The van der Waals surface area contributed by atoms with Crippen LogP contribution in [0.25, 0.3) is 11.0 Å². The highest BCUT2D eigenvalue weighted by Crippen LogP contribution is 2.27. The quantitative estimate of drug-likeness (QED) is 0.194. The lowest BCUT2D eigenvalue weighted by Crippen LogP contribution is -2.19. The Morgan fingerprint density at radius 2 is 1.70 bits per heavy atom. The summed E-state index contributed by atoms with van der Waals surface area (Å²) in [5, 5.41) is 1.33. The predicted molar refractivity (Wildman–Crippen MR) is 129 cm³/mol. The van der Waals surface area contributed by atoms with Crippen molar-refractivity contribution in [1.82, 2.24) is 9.55 Å². The number of hydrogen-bond donors (Lipinski definition) is 0. The molecule has 4 aromatic rings. The molecule has 0 radical (unpaired) electrons. The first-order valence-corrected chi connectivity index (χ1v) is 11.6. The van der Waals surface area contributed by atoms with Crippen LogP contribution in [-0.4, -0.2) is 33.8 Å². The van der Waals surface area contributed by atoms with E-state index in [4.69, 9.17) is 21.1 Å². The maximum Gasteiger partial charge on any atom is 0.349 e. The number of ether oxygens (including phenoxy) is 2. The number of para-hydroxylation sites is 2. The van der Waals surface area contributed by atoms with Gasteiger partial charge in [-0.1, -0.05) is 71.4 Å². The summed E-state index contributed by atoms with van der Waals surface area (Å²) in [4.78, 5) is 28.8. The molecule has 4 rings (SSSR count). The van der Waals surface area contributed by atoms with E-state index < -0.39 is 18.5 Å². The highest BCUT2D eigenvalue weighted by atomic mass is 35.5. The zero-order valence-electron chi connectivity index (χ0n) is 17.9. The average Bonchev–Trinajstić information content (AvgIpc) is 3.16. The average molecular weight is 481 g/mol. The smallest absolute Gasteiger partial charge is 0.349 e. The Kier molecular flexibility index (Phi) is 7.32. The summed E-state index contributed by atoms with van der Waals surface area (Å²) in [5.74, 6) is -0.756. The van der Waals surface area contributed by atoms with Gasteiger partial charge < -0.3 is 14.0 Å². The number of rotatable bonds is 8. The Hall–Kier alpha value is -3.29. The molecular weight excluding hydrogens is 460 g/mol. The molecule has 0 bridgehead atoms. The standard InChI is InChI=1S/C25H21ClN2O4S/c1-17-10-12-19(13-11-17)32-23(29)15-31-24(30)16-33-25-27-21-8-4-5-9-22(21)28(25)14-18-6-2-3-7-20(18)26/h2-13H,14-16H2,1H3. The zero-order valence-corrected chi connectivity index (χ0v) is 19.4. The maximum absolute atomic E-state index is 12.2. The van der Waals surface area contributed by atoms with Gasteiger partial charge in [-0.15, -0.1) is 0 Å². The Morgan fingerprint density at radius 3 is 2.48 bits per heavy atom. The predicted octanol–water partition coefficient (Wildman–Crippen LogP) is 5.29. The van der Waals surface area contributed by atoms with Crippen LogP contribution < -0.4 is 4.74 Å². The van der Waals surface area contributed by atoms with Gasteiger partial charge in [0, 0.05) is 5.02 Å². The van der Waals surface area contributed by atoms with Crippen molar-refractivity contribution in [2.24, 2.45) is 0 Å². The summed E-state index contributed by atoms with van der Waals surface area (Å²) in [5.41, 5.74) is 3.77. The van der Waals surface area contributed by atoms with E-state index in [1.807, 2.05) is 72.2 Å². The number of aromatic nitrogens is 2. The van der Waals surface area contributed by atoms with Gasteiger partial charge in [-0.25, -0.2) is 9.78 Å². The minimum Gasteiger partial charge on any atom is -0.453 e. The first kappa shape index (κ1) is 22.9. The molecule has 6 nitrogen and oxygen atoms in total. The van der Waals surface area contributed by atoms with Gasteiger partial charge in [0.05, 0.1) is 23.3 Å². The minimum absolute atomic E-state index is 0.00363. The van der Waals surface area contributed by atoms with Gasteiger partial charge in [0.2, 0.25) is 0 Å². The van der Waals surface area contributed by atoms with Crippen molar-refractivity contribution in [3.8, 4) is 5.75 Å². The molecular formula is C25H21ClN2O4S. The number of halogens is 1. The van der Waals surface area contributed by atoms with Crippen molar-refractivity contribution < 1.29 is 19.1 Å². The molecule has 168 valence electrons. The van der Waals surface area contributed by atoms with Crippen LogP contribution in [0.3, 0.4) is 0 Å². The van der Waals surface area contributed by atoms with E-state index in [2.05, 4.69) is 4.98 Å². The molecule has 0 atom stereocenters. The molecule has 1 aromatic heterocycles. The fraction of sp³-hybridized carbons (Fsp3) is 0.160. The van der Waals surface area contributed by atoms with Gasteiger partial charge in [0.25, 0.3) is 0 Å². The van der Waals surface area contributed by atoms with Crippen molar-refractivity contribution in [1.29, 1.82) is 0 Å². The van der Waals surface area contributed by atoms with Crippen LogP contribution in [-0.2, 0) is 20.9 Å². The van der Waals surface area contributed by atoms with Crippen LogP contribution in [0.1, 0.15) is 11.1 Å². The van der Waals surface area contributed by atoms with E-state index >= 15 is 0 Å². The largest absolute Gasteiger partial charge is 0.453 e. The number of fused-ring (bicyclic) bond motifs is 1. The number of carbonyl (C=O) groups excluding carboxylic acids is 2. The third-order valence-corrected chi connectivity index (χ3v) is 6.15. The summed E-state index contributed by atoms with van der Waals surface area (Å²) >= 11 is 7.60. The van der Waals surface area contributed by atoms with Crippen LogP contribution >= 0.6 is 23.4 Å². The van der Waals surface area contributed by atoms with Crippen LogP contribution in [0.4, 0.5) is 0 Å². The molecule has 8 heteroatoms. The second kappa shape index (κ2) is 10.6. The molecule has 0 unspecified atom stereocenters. The van der Waals surface area contributed by atoms with Crippen LogP contribution in [0, 0.1) is 6.92 Å². The number of carbonyl (C=O) groups is 2. The van der Waals surface area contributed by atoms with Gasteiger partial charge in [-0.3, -0.25) is 4.79 Å². The van der Waals surface area contributed by atoms with Crippen molar-refractivity contribution >= 4 is 46.3 Å². The topological polar surface area (TPSA) is 70.4 Å². The summed E-state index contributed by atoms with van der Waals surface area (Å²) in [6.07, 6.45) is 0. The second-order valence-corrected chi connectivity index (χ2v) is 8.65. The van der Waals surface area contributed by atoms with Gasteiger partial charge in [0.1, 0.15) is 5.75 Å². The second-order valence-electron chi connectivity index (χ2n) is 7.30. The number of nitrogens with zero attached hydrogens (tertiary/aromatic N) is 2. The molecule has 33 heavy (non-hydrogen) atoms. The first-order valence-electron chi connectivity index (χ1n) is 10.2. The molecule has 0 aliphatic heterocycles. The van der Waals surface area contributed by atoms with Gasteiger partial charge in [-0.2, -0.15) is 0 Å². The van der Waals surface area contributed by atoms with Crippen molar-refractivity contribution in [3.63, 3.8) is 0 Å². The lowest BCUT2D eigenvalue weighted by Gasteiger charge is -2.10. The van der Waals surface area contributed by atoms with Gasteiger partial charge in [0.15, 0.2) is 11.8 Å². The van der Waals surface area contributed by atoms with Crippen LogP contribution in [0.15, 0.2) is 78.0 Å². The monoisotopic (exact) mass is 480 g/mol. The number of aryl methyl sites for hydroxylation is 1. The summed E-state index contributed by atoms with van der Waals surface area (Å²) in [7, 11) is 0. The molecule has 0 amide bonds. The SMILES string of the molecule is Cc1ccc(OC(=O)COC(=O)CSc2nc3ccccc3n2Cc2ccccc2Cl)cc1. The molecule has 0 N–H and O–H groups in total. The first-order chi connectivity index (χ1) is 16.0. The van der Waals surface area contributed by atoms with Crippen molar-refractivity contribution in [2.45, 2.75) is 18.6 Å². The van der Waals surface area contributed by atoms with Crippen molar-refractivity contribution in [2.75, 3.05) is 12.4 Å². The Morgan fingerprint density at radius 1 is 0.970 bits per heavy atom. The van der Waals surface area contributed by atoms with Gasteiger partial charge >= 0.3 is 11.9 Å². The van der Waals surface area contributed by atoms with E-state index in [1.54, 1.807) is 12.1 Å². The normalized spacial score (nSPS) is 10.8. The molecule has 0 saturated heterocycles. The molecule has 1 heterocycles. The lowest BCUT2D eigenvalue weighted by molar-refractivity contribution is -0.151. The Bertz CT molecular complexity index is 1290. The molecule has 0 saturated carbocycles. The summed E-state index contributed by atoms with van der Waals surface area (Å²) in [6.45, 7) is 2.00. The van der Waals surface area contributed by atoms with Crippen molar-refractivity contribution in [3.05, 3.63) is 88.9 Å². The third kappa shape index (κ3) is 5.94. The summed E-state index contributed by atoms with van der Waals surface area (Å²) in [6, 6.07) is 22.4. The highest BCUT2D eigenvalue weighted by Gasteiger charge is 2.16. The number of esters is 2. The van der Waals surface area contributed by atoms with E-state index in [0.29, 0.717) is 22.5 Å². The molecule has 0 aliphatic carbocycles. The molecule has 0 aliphatic rings. The van der Waals surface area contributed by atoms with E-state index in [0.717, 1.165) is 22.2 Å². The third-order valence-electron chi connectivity index (χ3n) is 4.83. The molecule has 0 fully saturated rings.